The van der Waals surface area contributed by atoms with E-state index in [1.807, 2.05) is 6.92 Å². The molecule has 0 aliphatic carbocycles. The van der Waals surface area contributed by atoms with Gasteiger partial charge in [-0.25, -0.2) is 0 Å². The lowest BCUT2D eigenvalue weighted by Gasteiger charge is -2.16. The van der Waals surface area contributed by atoms with Crippen LogP contribution < -0.4 is 9.47 Å². The van der Waals surface area contributed by atoms with E-state index in [2.05, 4.69) is 0 Å². The third kappa shape index (κ3) is 2.14. The Balaban J connectivity index is 3.54. The highest BCUT2D eigenvalue weighted by molar-refractivity contribution is 6.17. The van der Waals surface area contributed by atoms with Crippen LogP contribution in [0.4, 0.5) is 0 Å². The molecule has 3 nitrogen and oxygen atoms in total. The van der Waals surface area contributed by atoms with Crippen molar-refractivity contribution in [3.8, 4) is 11.5 Å². The zero-order valence-corrected chi connectivity index (χ0v) is 10.4. The predicted molar refractivity (Wildman–Crippen MR) is 63.9 cm³/mol. The van der Waals surface area contributed by atoms with Gasteiger partial charge < -0.3 is 9.47 Å². The number of carbonyl (C=O) groups excluding carboxylic acids is 1. The molecule has 0 spiro atoms. The average Bonchev–Trinajstić information content (AvgIpc) is 2.35. The van der Waals surface area contributed by atoms with Crippen LogP contribution in [0.25, 0.3) is 0 Å². The van der Waals surface area contributed by atoms with Crippen molar-refractivity contribution in [1.82, 2.24) is 0 Å². The maximum Gasteiger partial charge on any atom is 0.153 e. The highest BCUT2D eigenvalue weighted by Gasteiger charge is 2.17. The standard InChI is InChI=1S/C12H15ClO3/c1-4-10-11(15-2)8(6-13)5-9(7-14)12(10)16-3/h5,7H,4,6H2,1-3H3. The summed E-state index contributed by atoms with van der Waals surface area (Å²) in [6.07, 6.45) is 1.49. The zero-order chi connectivity index (χ0) is 12.1. The number of rotatable bonds is 5. The van der Waals surface area contributed by atoms with E-state index in [0.29, 0.717) is 22.9 Å². The molecule has 0 saturated carbocycles. The Bertz CT molecular complexity index is 388. The van der Waals surface area contributed by atoms with Gasteiger partial charge in [-0.3, -0.25) is 4.79 Å². The number of halogens is 1. The maximum absolute atomic E-state index is 11.0. The first-order valence-corrected chi connectivity index (χ1v) is 5.54. The van der Waals surface area contributed by atoms with E-state index in [1.54, 1.807) is 20.3 Å². The van der Waals surface area contributed by atoms with Crippen molar-refractivity contribution in [3.05, 3.63) is 22.8 Å². The van der Waals surface area contributed by atoms with Gasteiger partial charge in [-0.05, 0) is 12.5 Å². The quantitative estimate of drug-likeness (QED) is 0.588. The fourth-order valence-corrected chi connectivity index (χ4v) is 1.99. The second kappa shape index (κ2) is 5.75. The van der Waals surface area contributed by atoms with Crippen molar-refractivity contribution in [2.75, 3.05) is 14.2 Å². The molecule has 16 heavy (non-hydrogen) atoms. The van der Waals surface area contributed by atoms with E-state index < -0.39 is 0 Å². The Hall–Kier alpha value is -1.22. The second-order valence-electron chi connectivity index (χ2n) is 3.28. The summed E-state index contributed by atoms with van der Waals surface area (Å²) in [6, 6.07) is 1.71. The van der Waals surface area contributed by atoms with Gasteiger partial charge in [0, 0.05) is 11.1 Å². The first kappa shape index (κ1) is 12.8. The largest absolute Gasteiger partial charge is 0.496 e. The number of hydrogen-bond donors (Lipinski definition) is 0. The van der Waals surface area contributed by atoms with Crippen LogP contribution >= 0.6 is 11.6 Å². The van der Waals surface area contributed by atoms with Crippen LogP contribution in [0, 0.1) is 0 Å². The smallest absolute Gasteiger partial charge is 0.153 e. The molecule has 88 valence electrons. The number of aldehydes is 1. The molecule has 1 aromatic carbocycles. The van der Waals surface area contributed by atoms with Gasteiger partial charge in [-0.1, -0.05) is 6.92 Å². The molecular formula is C12H15ClO3. The molecule has 0 bridgehead atoms. The van der Waals surface area contributed by atoms with E-state index >= 15 is 0 Å². The Kier molecular flexibility index (Phi) is 4.62. The van der Waals surface area contributed by atoms with Gasteiger partial charge in [-0.15, -0.1) is 11.6 Å². The number of carbonyl (C=O) groups is 1. The molecule has 0 aliphatic rings. The number of hydrogen-bond acceptors (Lipinski definition) is 3. The van der Waals surface area contributed by atoms with E-state index in [0.717, 1.165) is 23.8 Å². The third-order valence-electron chi connectivity index (χ3n) is 2.46. The lowest BCUT2D eigenvalue weighted by Crippen LogP contribution is -2.02. The minimum Gasteiger partial charge on any atom is -0.496 e. The molecule has 0 unspecified atom stereocenters. The van der Waals surface area contributed by atoms with Gasteiger partial charge in [0.05, 0.1) is 25.7 Å². The first-order valence-electron chi connectivity index (χ1n) is 5.01. The van der Waals surface area contributed by atoms with Gasteiger partial charge in [0.2, 0.25) is 0 Å². The normalized spacial score (nSPS) is 10.0. The Morgan fingerprint density at radius 1 is 1.31 bits per heavy atom. The van der Waals surface area contributed by atoms with Crippen LogP contribution in [0.5, 0.6) is 11.5 Å². The Labute approximate surface area is 100 Å². The molecule has 0 N–H and O–H groups in total. The molecule has 0 heterocycles. The lowest BCUT2D eigenvalue weighted by molar-refractivity contribution is 0.112. The molecule has 0 saturated heterocycles. The maximum atomic E-state index is 11.0. The second-order valence-corrected chi connectivity index (χ2v) is 3.54. The monoisotopic (exact) mass is 242 g/mol. The Morgan fingerprint density at radius 3 is 2.31 bits per heavy atom. The number of methoxy groups -OCH3 is 2. The molecule has 1 rings (SSSR count). The Morgan fingerprint density at radius 2 is 1.94 bits per heavy atom. The fraction of sp³-hybridized carbons (Fsp3) is 0.417. The summed E-state index contributed by atoms with van der Waals surface area (Å²) in [5, 5.41) is 0. The SMILES string of the molecule is CCc1c(OC)c(C=O)cc(CCl)c1OC. The lowest BCUT2D eigenvalue weighted by atomic mass is 10.0. The molecule has 0 atom stereocenters. The van der Waals surface area contributed by atoms with Crippen molar-refractivity contribution in [2.45, 2.75) is 19.2 Å². The van der Waals surface area contributed by atoms with Crippen molar-refractivity contribution < 1.29 is 14.3 Å². The average molecular weight is 243 g/mol. The molecule has 0 fully saturated rings. The van der Waals surface area contributed by atoms with Gasteiger partial charge in [-0.2, -0.15) is 0 Å². The molecule has 0 aromatic heterocycles. The van der Waals surface area contributed by atoms with Gasteiger partial charge in [0.15, 0.2) is 6.29 Å². The number of ether oxygens (including phenoxy) is 2. The third-order valence-corrected chi connectivity index (χ3v) is 2.75. The van der Waals surface area contributed by atoms with E-state index in [-0.39, 0.29) is 0 Å². The van der Waals surface area contributed by atoms with Crippen molar-refractivity contribution in [1.29, 1.82) is 0 Å². The summed E-state index contributed by atoms with van der Waals surface area (Å²) in [5.41, 5.74) is 2.20. The van der Waals surface area contributed by atoms with Crippen LogP contribution in [0.2, 0.25) is 0 Å². The van der Waals surface area contributed by atoms with Gasteiger partial charge in [0.1, 0.15) is 11.5 Å². The molecule has 0 aliphatic heterocycles. The summed E-state index contributed by atoms with van der Waals surface area (Å²) in [6.45, 7) is 1.98. The summed E-state index contributed by atoms with van der Waals surface area (Å²) in [7, 11) is 3.13. The van der Waals surface area contributed by atoms with E-state index in [1.165, 1.54) is 0 Å². The molecule has 1 aromatic rings. The van der Waals surface area contributed by atoms with Crippen molar-refractivity contribution in [2.24, 2.45) is 0 Å². The van der Waals surface area contributed by atoms with E-state index in [4.69, 9.17) is 21.1 Å². The van der Waals surface area contributed by atoms with Crippen LogP contribution in [-0.2, 0) is 12.3 Å². The zero-order valence-electron chi connectivity index (χ0n) is 9.67. The minimum atomic E-state index is 0.307. The van der Waals surface area contributed by atoms with Crippen molar-refractivity contribution in [3.63, 3.8) is 0 Å². The van der Waals surface area contributed by atoms with Crippen LogP contribution in [0.1, 0.15) is 28.4 Å². The van der Waals surface area contributed by atoms with Gasteiger partial charge >= 0.3 is 0 Å². The van der Waals surface area contributed by atoms with Gasteiger partial charge in [0.25, 0.3) is 0 Å². The van der Waals surface area contributed by atoms with Crippen LogP contribution in [0.3, 0.4) is 0 Å². The highest BCUT2D eigenvalue weighted by Crippen LogP contribution is 2.36. The fourth-order valence-electron chi connectivity index (χ4n) is 1.79. The van der Waals surface area contributed by atoms with E-state index in [9.17, 15) is 4.79 Å². The minimum absolute atomic E-state index is 0.307. The first-order chi connectivity index (χ1) is 7.73. The molecule has 0 amide bonds. The molecular weight excluding hydrogens is 228 g/mol. The van der Waals surface area contributed by atoms with Crippen LogP contribution in [-0.4, -0.2) is 20.5 Å². The topological polar surface area (TPSA) is 35.5 Å². The van der Waals surface area contributed by atoms with Crippen molar-refractivity contribution >= 4 is 17.9 Å². The molecule has 0 radical (unpaired) electrons. The summed E-state index contributed by atoms with van der Waals surface area (Å²) in [5.74, 6) is 1.59. The summed E-state index contributed by atoms with van der Waals surface area (Å²) < 4.78 is 10.6. The number of alkyl halides is 1. The summed E-state index contributed by atoms with van der Waals surface area (Å²) >= 11 is 5.83. The summed E-state index contributed by atoms with van der Waals surface area (Å²) in [4.78, 5) is 11.0. The highest BCUT2D eigenvalue weighted by atomic mass is 35.5. The molecule has 4 heteroatoms. The predicted octanol–water partition coefficient (Wildman–Crippen LogP) is 2.82. The van der Waals surface area contributed by atoms with Crippen LogP contribution in [0.15, 0.2) is 6.07 Å². The number of benzene rings is 1.